The van der Waals surface area contributed by atoms with Crippen LogP contribution in [0.1, 0.15) is 72.2 Å². The molecular weight excluding hydrogens is 629 g/mol. The molecule has 3 aromatic rings. The van der Waals surface area contributed by atoms with Gasteiger partial charge in [-0.15, -0.1) is 6.58 Å². The molecule has 3 rings (SSSR count). The van der Waals surface area contributed by atoms with E-state index in [0.717, 1.165) is 38.1 Å². The van der Waals surface area contributed by atoms with E-state index in [0.29, 0.717) is 52.9 Å². The van der Waals surface area contributed by atoms with Gasteiger partial charge in [0.1, 0.15) is 23.0 Å². The summed E-state index contributed by atoms with van der Waals surface area (Å²) < 4.78 is 35.9. The van der Waals surface area contributed by atoms with E-state index in [2.05, 4.69) is 33.5 Å². The number of benzene rings is 3. The van der Waals surface area contributed by atoms with Crippen molar-refractivity contribution in [3.8, 4) is 23.0 Å². The number of hydrogen-bond acceptors (Lipinski definition) is 8. The summed E-state index contributed by atoms with van der Waals surface area (Å²) in [5.74, 6) is 0.953. The van der Waals surface area contributed by atoms with Crippen molar-refractivity contribution in [3.63, 3.8) is 0 Å². The summed E-state index contributed by atoms with van der Waals surface area (Å²) in [5.41, 5.74) is 1.32. The van der Waals surface area contributed by atoms with Gasteiger partial charge in [0.15, 0.2) is 8.32 Å². The van der Waals surface area contributed by atoms with Gasteiger partial charge in [-0.05, 0) is 118 Å². The number of ether oxygens (including phenoxy) is 4. The van der Waals surface area contributed by atoms with E-state index in [-0.39, 0.29) is 6.61 Å². The molecule has 254 valence electrons. The minimum Gasteiger partial charge on any atom is -0.494 e. The standard InChI is InChI=1S/C37H50O8Si2/c1-8-11-24-40-32-18-14-29(15-19-32)36(38)43-34-22-23-35(44-37(39)30-16-20-33(21-17-30)41-25-12-9-2)31(27-34)28-42-47(6,7)45-46(4,5)26-13-10-3/h10,14-23,27H,3,8-9,11-13,24-26,28H2,1-2,4-7H3. The highest BCUT2D eigenvalue weighted by atomic mass is 28.4. The summed E-state index contributed by atoms with van der Waals surface area (Å²) in [6.45, 7) is 17.7. The summed E-state index contributed by atoms with van der Waals surface area (Å²) in [7, 11) is -4.57. The molecule has 0 fully saturated rings. The summed E-state index contributed by atoms with van der Waals surface area (Å²) in [5, 5.41) is 0. The molecule has 3 aromatic carbocycles. The van der Waals surface area contributed by atoms with Crippen LogP contribution in [0.2, 0.25) is 32.2 Å². The molecule has 0 aliphatic rings. The lowest BCUT2D eigenvalue weighted by Gasteiger charge is -2.33. The van der Waals surface area contributed by atoms with Crippen LogP contribution >= 0.6 is 0 Å². The van der Waals surface area contributed by atoms with E-state index in [1.165, 1.54) is 0 Å². The number of carbonyl (C=O) groups is 2. The molecule has 10 heteroatoms. The predicted octanol–water partition coefficient (Wildman–Crippen LogP) is 9.50. The molecular formula is C37H50O8Si2. The molecule has 0 radical (unpaired) electrons. The molecule has 0 atom stereocenters. The van der Waals surface area contributed by atoms with Gasteiger partial charge in [0, 0.05) is 5.56 Å². The number of rotatable bonds is 20. The number of allylic oxidation sites excluding steroid dienone is 1. The van der Waals surface area contributed by atoms with E-state index in [1.54, 1.807) is 66.7 Å². The van der Waals surface area contributed by atoms with E-state index < -0.39 is 28.8 Å². The molecule has 0 heterocycles. The van der Waals surface area contributed by atoms with Gasteiger partial charge in [0.2, 0.25) is 0 Å². The van der Waals surface area contributed by atoms with Crippen LogP contribution in [0.3, 0.4) is 0 Å². The Balaban J connectivity index is 1.78. The molecule has 0 aliphatic carbocycles. The van der Waals surface area contributed by atoms with E-state index >= 15 is 0 Å². The van der Waals surface area contributed by atoms with Crippen LogP contribution in [-0.4, -0.2) is 42.0 Å². The first-order valence-corrected chi connectivity index (χ1v) is 22.4. The van der Waals surface area contributed by atoms with Crippen molar-refractivity contribution in [2.45, 2.75) is 84.8 Å². The number of carbonyl (C=O) groups excluding carboxylic acids is 2. The van der Waals surface area contributed by atoms with E-state index in [1.807, 2.05) is 19.2 Å². The minimum atomic E-state index is -2.59. The van der Waals surface area contributed by atoms with Gasteiger partial charge in [-0.25, -0.2) is 9.59 Å². The van der Waals surface area contributed by atoms with Gasteiger partial charge in [-0.3, -0.25) is 0 Å². The first-order chi connectivity index (χ1) is 22.4. The molecule has 0 N–H and O–H groups in total. The maximum absolute atomic E-state index is 13.2. The molecule has 0 saturated heterocycles. The topological polar surface area (TPSA) is 89.5 Å². The number of hydrogen-bond donors (Lipinski definition) is 0. The second-order valence-electron chi connectivity index (χ2n) is 12.4. The Labute approximate surface area is 282 Å². The van der Waals surface area contributed by atoms with Crippen LogP contribution in [-0.2, 0) is 15.1 Å². The van der Waals surface area contributed by atoms with Crippen molar-refractivity contribution in [3.05, 3.63) is 96.1 Å². The Morgan fingerprint density at radius 1 is 0.723 bits per heavy atom. The lowest BCUT2D eigenvalue weighted by Crippen LogP contribution is -2.46. The van der Waals surface area contributed by atoms with Crippen LogP contribution in [0, 0.1) is 0 Å². The van der Waals surface area contributed by atoms with Crippen molar-refractivity contribution < 1.29 is 37.1 Å². The van der Waals surface area contributed by atoms with Gasteiger partial charge in [0.25, 0.3) is 0 Å². The third-order valence-electron chi connectivity index (χ3n) is 7.21. The second kappa shape index (κ2) is 18.6. The average Bonchev–Trinajstić information content (AvgIpc) is 3.04. The summed E-state index contributed by atoms with van der Waals surface area (Å²) in [4.78, 5) is 26.2. The molecule has 47 heavy (non-hydrogen) atoms. The molecule has 0 aliphatic heterocycles. The molecule has 0 amide bonds. The molecule has 0 aromatic heterocycles. The van der Waals surface area contributed by atoms with Gasteiger partial charge in [-0.2, -0.15) is 0 Å². The van der Waals surface area contributed by atoms with Crippen molar-refractivity contribution in [1.29, 1.82) is 0 Å². The van der Waals surface area contributed by atoms with Crippen LogP contribution in [0.25, 0.3) is 0 Å². The number of esters is 2. The fraction of sp³-hybridized carbons (Fsp3) is 0.405. The Hall–Kier alpha value is -3.71. The Morgan fingerprint density at radius 3 is 1.74 bits per heavy atom. The number of unbranched alkanes of at least 4 members (excludes halogenated alkanes) is 2. The third-order valence-corrected chi connectivity index (χ3v) is 13.7. The lowest BCUT2D eigenvalue weighted by atomic mass is 10.2. The highest BCUT2D eigenvalue weighted by Crippen LogP contribution is 2.29. The molecule has 0 unspecified atom stereocenters. The van der Waals surface area contributed by atoms with Crippen LogP contribution in [0.4, 0.5) is 0 Å². The van der Waals surface area contributed by atoms with Gasteiger partial charge < -0.3 is 27.5 Å². The zero-order valence-corrected chi connectivity index (χ0v) is 30.8. The van der Waals surface area contributed by atoms with E-state index in [4.69, 9.17) is 27.5 Å². The average molecular weight is 679 g/mol. The zero-order valence-electron chi connectivity index (χ0n) is 28.8. The molecule has 0 saturated carbocycles. The fourth-order valence-electron chi connectivity index (χ4n) is 4.65. The van der Waals surface area contributed by atoms with Gasteiger partial charge >= 0.3 is 20.5 Å². The lowest BCUT2D eigenvalue weighted by molar-refractivity contribution is 0.0716. The zero-order chi connectivity index (χ0) is 34.3. The molecule has 0 spiro atoms. The first kappa shape index (κ1) is 37.7. The Morgan fingerprint density at radius 2 is 1.23 bits per heavy atom. The van der Waals surface area contributed by atoms with Crippen molar-refractivity contribution in [1.82, 2.24) is 0 Å². The maximum Gasteiger partial charge on any atom is 0.343 e. The van der Waals surface area contributed by atoms with Gasteiger partial charge in [0.05, 0.1) is 30.9 Å². The summed E-state index contributed by atoms with van der Waals surface area (Å²) >= 11 is 0. The summed E-state index contributed by atoms with van der Waals surface area (Å²) in [6.07, 6.45) is 6.79. The smallest absolute Gasteiger partial charge is 0.343 e. The SMILES string of the molecule is C=CCC[Si](C)(C)O[Si](C)(C)OCc1cc(OC(=O)c2ccc(OCCCC)cc2)ccc1OC(=O)c1ccc(OCCCC)cc1. The van der Waals surface area contributed by atoms with Gasteiger partial charge in [-0.1, -0.05) is 32.8 Å². The van der Waals surface area contributed by atoms with Crippen LogP contribution in [0.15, 0.2) is 79.4 Å². The maximum atomic E-state index is 13.2. The largest absolute Gasteiger partial charge is 0.494 e. The summed E-state index contributed by atoms with van der Waals surface area (Å²) in [6, 6.07) is 19.5. The van der Waals surface area contributed by atoms with Crippen molar-refractivity contribution >= 4 is 28.8 Å². The molecule has 8 nitrogen and oxygen atoms in total. The third kappa shape index (κ3) is 13.1. The van der Waals surface area contributed by atoms with Crippen LogP contribution < -0.4 is 18.9 Å². The highest BCUT2D eigenvalue weighted by Gasteiger charge is 2.34. The monoisotopic (exact) mass is 678 g/mol. The minimum absolute atomic E-state index is 0.104. The Kier molecular flexibility index (Phi) is 14.9. The van der Waals surface area contributed by atoms with Crippen LogP contribution in [0.5, 0.6) is 23.0 Å². The van der Waals surface area contributed by atoms with E-state index in [9.17, 15) is 9.59 Å². The normalized spacial score (nSPS) is 11.5. The first-order valence-electron chi connectivity index (χ1n) is 16.4. The molecule has 0 bridgehead atoms. The highest BCUT2D eigenvalue weighted by molar-refractivity contribution is 6.82. The predicted molar refractivity (Wildman–Crippen MR) is 191 cm³/mol. The van der Waals surface area contributed by atoms with Crippen molar-refractivity contribution in [2.24, 2.45) is 0 Å². The fourth-order valence-corrected chi connectivity index (χ4v) is 12.0. The second-order valence-corrected chi connectivity index (χ2v) is 20.3. The Bertz CT molecular complexity index is 1440. The van der Waals surface area contributed by atoms with Crippen molar-refractivity contribution in [2.75, 3.05) is 13.2 Å². The quantitative estimate of drug-likeness (QED) is 0.0384.